The summed E-state index contributed by atoms with van der Waals surface area (Å²) in [4.78, 5) is 11.5. The molecule has 0 bridgehead atoms. The van der Waals surface area contributed by atoms with E-state index in [1.165, 1.54) is 0 Å². The molecule has 0 spiro atoms. The Kier molecular flexibility index (Phi) is 2.90. The van der Waals surface area contributed by atoms with Gasteiger partial charge < -0.3 is 22.5 Å². The Bertz CT molecular complexity index is 598. The van der Waals surface area contributed by atoms with Crippen molar-refractivity contribution < 1.29 is 26.5 Å². The number of halogens is 1. The number of pyridine rings is 1. The first kappa shape index (κ1) is 11.7. The Morgan fingerprint density at radius 3 is 3.00 bits per heavy atom. The molecule has 4 nitrogen and oxygen atoms in total. The van der Waals surface area contributed by atoms with E-state index in [0.717, 1.165) is 22.3 Å². The van der Waals surface area contributed by atoms with E-state index in [4.69, 9.17) is 4.74 Å². The summed E-state index contributed by atoms with van der Waals surface area (Å²) in [6, 6.07) is 7.75. The number of rotatable bonds is 1. The molecule has 0 saturated heterocycles. The van der Waals surface area contributed by atoms with Crippen LogP contribution >= 0.6 is 0 Å². The molecule has 0 fully saturated rings. The molecular weight excluding hydrogens is 240 g/mol. The molecule has 5 heteroatoms. The van der Waals surface area contributed by atoms with Gasteiger partial charge in [-0.25, -0.2) is 0 Å². The van der Waals surface area contributed by atoms with Crippen LogP contribution in [0, 0.1) is 0 Å². The van der Waals surface area contributed by atoms with Gasteiger partial charge in [0.2, 0.25) is 12.1 Å². The quantitative estimate of drug-likeness (QED) is 0.601. The van der Waals surface area contributed by atoms with Crippen molar-refractivity contribution in [3.8, 4) is 5.75 Å². The van der Waals surface area contributed by atoms with E-state index >= 15 is 0 Å². The Hall–Kier alpha value is -1.81. The van der Waals surface area contributed by atoms with Crippen LogP contribution in [-0.4, -0.2) is 13.0 Å². The van der Waals surface area contributed by atoms with Crippen molar-refractivity contribution >= 4 is 22.5 Å². The zero-order valence-electron chi connectivity index (χ0n) is 9.24. The lowest BCUT2D eigenvalue weighted by atomic mass is 10.1. The summed E-state index contributed by atoms with van der Waals surface area (Å²) >= 11 is 0. The number of hydrogen-bond acceptors (Lipinski definition) is 2. The molecule has 1 aliphatic heterocycles. The number of nitrogens with zero attached hydrogens (tertiary/aromatic N) is 1. The van der Waals surface area contributed by atoms with E-state index in [1.54, 1.807) is 7.11 Å². The van der Waals surface area contributed by atoms with Gasteiger partial charge in [0.25, 0.3) is 5.91 Å². The summed E-state index contributed by atoms with van der Waals surface area (Å²) in [6.07, 6.45) is 1.91. The van der Waals surface area contributed by atoms with Gasteiger partial charge in [-0.1, -0.05) is 0 Å². The molecule has 17 heavy (non-hydrogen) atoms. The van der Waals surface area contributed by atoms with Gasteiger partial charge >= 0.3 is 0 Å². The standard InChI is InChI=1S/C12H10N2O2.ClH/c1-16-9-5-8-3-2-4-14-7-11(15)13-10(6-9)12(8)14;/h2-6H,7H2,1H3;1H. The zero-order valence-corrected chi connectivity index (χ0v) is 9.99. The van der Waals surface area contributed by atoms with Gasteiger partial charge in [-0.05, 0) is 12.1 Å². The third kappa shape index (κ3) is 1.80. The summed E-state index contributed by atoms with van der Waals surface area (Å²) in [5.41, 5.74) is 1.86. The van der Waals surface area contributed by atoms with Gasteiger partial charge in [0.05, 0.1) is 12.5 Å². The lowest BCUT2D eigenvalue weighted by Gasteiger charge is -2.13. The molecule has 3 rings (SSSR count). The van der Waals surface area contributed by atoms with Crippen LogP contribution in [0.25, 0.3) is 10.9 Å². The molecule has 1 N–H and O–H groups in total. The number of methoxy groups -OCH3 is 1. The van der Waals surface area contributed by atoms with Crippen molar-refractivity contribution in [2.45, 2.75) is 6.54 Å². The second-order valence-corrected chi connectivity index (χ2v) is 3.80. The van der Waals surface area contributed by atoms with Crippen molar-refractivity contribution in [1.82, 2.24) is 0 Å². The minimum atomic E-state index is -0.00162. The highest BCUT2D eigenvalue weighted by Gasteiger charge is 2.24. The number of anilines is 1. The summed E-state index contributed by atoms with van der Waals surface area (Å²) in [6.45, 7) is 0.372. The van der Waals surface area contributed by atoms with Crippen LogP contribution in [0.15, 0.2) is 30.5 Å². The first-order valence-electron chi connectivity index (χ1n) is 5.08. The number of carbonyl (C=O) groups is 1. The molecule has 2 heterocycles. The number of ether oxygens (including phenoxy) is 1. The van der Waals surface area contributed by atoms with Crippen molar-refractivity contribution in [2.75, 3.05) is 12.4 Å². The van der Waals surface area contributed by atoms with Gasteiger partial charge in [0, 0.05) is 12.1 Å². The molecule has 2 aromatic rings. The maximum atomic E-state index is 11.5. The summed E-state index contributed by atoms with van der Waals surface area (Å²) in [5, 5.41) is 3.93. The van der Waals surface area contributed by atoms with Crippen LogP contribution in [0.4, 0.5) is 5.69 Å². The molecular formula is C12H11ClN2O2. The SMILES string of the molecule is COc1cc2c3c(ccc[n+]3CC(=O)N2)c1.[Cl-]. The fourth-order valence-corrected chi connectivity index (χ4v) is 2.09. The van der Waals surface area contributed by atoms with Crippen LogP contribution in [0.1, 0.15) is 0 Å². The van der Waals surface area contributed by atoms with Crippen molar-refractivity contribution in [3.05, 3.63) is 30.5 Å². The van der Waals surface area contributed by atoms with Crippen LogP contribution < -0.4 is 27.0 Å². The average Bonchev–Trinajstić information content (AvgIpc) is 2.28. The number of hydrogen-bond donors (Lipinski definition) is 1. The van der Waals surface area contributed by atoms with Gasteiger partial charge in [-0.3, -0.25) is 4.79 Å². The molecule has 1 aromatic heterocycles. The largest absolute Gasteiger partial charge is 1.00 e. The van der Waals surface area contributed by atoms with E-state index in [9.17, 15) is 4.79 Å². The Balaban J connectivity index is 0.00000108. The smallest absolute Gasteiger partial charge is 0.290 e. The number of nitrogens with one attached hydrogen (secondary N) is 1. The number of carbonyl (C=O) groups excluding carboxylic acids is 1. The molecule has 0 saturated carbocycles. The average molecular weight is 251 g/mol. The lowest BCUT2D eigenvalue weighted by molar-refractivity contribution is -0.658. The fourth-order valence-electron chi connectivity index (χ4n) is 2.09. The number of amides is 1. The summed E-state index contributed by atoms with van der Waals surface area (Å²) in [5.74, 6) is 0.751. The summed E-state index contributed by atoms with van der Waals surface area (Å²) < 4.78 is 7.15. The molecule has 1 aliphatic rings. The van der Waals surface area contributed by atoms with E-state index in [0.29, 0.717) is 6.54 Å². The third-order valence-corrected chi connectivity index (χ3v) is 2.77. The van der Waals surface area contributed by atoms with Gasteiger partial charge in [0.1, 0.15) is 11.4 Å². The predicted molar refractivity (Wildman–Crippen MR) is 59.3 cm³/mol. The van der Waals surface area contributed by atoms with Gasteiger partial charge in [-0.2, -0.15) is 4.57 Å². The van der Waals surface area contributed by atoms with Crippen LogP contribution in [0.2, 0.25) is 0 Å². The van der Waals surface area contributed by atoms with Gasteiger partial charge in [0.15, 0.2) is 6.20 Å². The van der Waals surface area contributed by atoms with Crippen LogP contribution in [-0.2, 0) is 11.3 Å². The van der Waals surface area contributed by atoms with Crippen LogP contribution in [0.3, 0.4) is 0 Å². The second-order valence-electron chi connectivity index (χ2n) is 3.80. The Labute approximate surface area is 105 Å². The zero-order chi connectivity index (χ0) is 11.1. The Morgan fingerprint density at radius 1 is 1.41 bits per heavy atom. The monoisotopic (exact) mass is 250 g/mol. The highest BCUT2D eigenvalue weighted by molar-refractivity contribution is 6.01. The maximum absolute atomic E-state index is 11.5. The lowest BCUT2D eigenvalue weighted by Crippen LogP contribution is -3.00. The molecule has 88 valence electrons. The van der Waals surface area contributed by atoms with Crippen LogP contribution in [0.5, 0.6) is 5.75 Å². The van der Waals surface area contributed by atoms with E-state index in [-0.39, 0.29) is 18.3 Å². The predicted octanol–water partition coefficient (Wildman–Crippen LogP) is -1.91. The second kappa shape index (κ2) is 4.22. The minimum absolute atomic E-state index is 0. The van der Waals surface area contributed by atoms with Crippen molar-refractivity contribution in [1.29, 1.82) is 0 Å². The maximum Gasteiger partial charge on any atom is 0.290 e. The van der Waals surface area contributed by atoms with E-state index < -0.39 is 0 Å². The summed E-state index contributed by atoms with van der Waals surface area (Å²) in [7, 11) is 1.62. The van der Waals surface area contributed by atoms with E-state index in [1.807, 2.05) is 35.0 Å². The van der Waals surface area contributed by atoms with E-state index in [2.05, 4.69) is 5.32 Å². The highest BCUT2D eigenvalue weighted by Crippen LogP contribution is 2.28. The molecule has 0 aliphatic carbocycles. The van der Waals surface area contributed by atoms with Crippen molar-refractivity contribution in [2.24, 2.45) is 0 Å². The number of benzene rings is 1. The third-order valence-electron chi connectivity index (χ3n) is 2.77. The molecule has 0 radical (unpaired) electrons. The molecule has 0 unspecified atom stereocenters. The molecule has 0 atom stereocenters. The Morgan fingerprint density at radius 2 is 2.24 bits per heavy atom. The number of aromatic nitrogens is 1. The van der Waals surface area contributed by atoms with Crippen molar-refractivity contribution in [3.63, 3.8) is 0 Å². The highest BCUT2D eigenvalue weighted by atomic mass is 35.5. The van der Waals surface area contributed by atoms with Gasteiger partial charge in [-0.15, -0.1) is 0 Å². The molecule has 1 amide bonds. The molecule has 1 aromatic carbocycles. The first-order chi connectivity index (χ1) is 7.78. The fraction of sp³-hybridized carbons (Fsp3) is 0.167. The first-order valence-corrected chi connectivity index (χ1v) is 5.08. The minimum Gasteiger partial charge on any atom is -1.00 e. The topological polar surface area (TPSA) is 42.2 Å². The normalized spacial score (nSPS) is 12.9.